The zero-order chi connectivity index (χ0) is 9.14. The second-order valence-electron chi connectivity index (χ2n) is 2.10. The lowest BCUT2D eigenvalue weighted by Crippen LogP contribution is -1.90. The molecule has 0 unspecified atom stereocenters. The fraction of sp³-hybridized carbons (Fsp3) is 0. The summed E-state index contributed by atoms with van der Waals surface area (Å²) in [5.74, 6) is 2.31. The Morgan fingerprint density at radius 1 is 1.58 bits per heavy atom. The van der Waals surface area contributed by atoms with Crippen LogP contribution in [0, 0.1) is 22.5 Å². The van der Waals surface area contributed by atoms with E-state index in [0.717, 1.165) is 0 Å². The highest BCUT2D eigenvalue weighted by Crippen LogP contribution is 2.22. The van der Waals surface area contributed by atoms with Crippen molar-refractivity contribution in [2.24, 2.45) is 0 Å². The monoisotopic (exact) mass is 179 g/mol. The summed E-state index contributed by atoms with van der Waals surface area (Å²) >= 11 is 3.91. The number of terminal acetylenes is 1. The smallest absolute Gasteiger partial charge is 0.258 e. The quantitative estimate of drug-likeness (QED) is 0.309. The summed E-state index contributed by atoms with van der Waals surface area (Å²) < 4.78 is 0. The van der Waals surface area contributed by atoms with Gasteiger partial charge in [-0.05, 0) is 12.1 Å². The molecule has 0 radical (unpaired) electrons. The van der Waals surface area contributed by atoms with Crippen molar-refractivity contribution in [2.75, 3.05) is 0 Å². The van der Waals surface area contributed by atoms with Crippen LogP contribution in [-0.2, 0) is 0 Å². The Morgan fingerprint density at radius 2 is 2.25 bits per heavy atom. The molecular formula is C8H5NO2S. The van der Waals surface area contributed by atoms with Gasteiger partial charge < -0.3 is 0 Å². The second kappa shape index (κ2) is 3.28. The van der Waals surface area contributed by atoms with Crippen LogP contribution in [0.4, 0.5) is 5.69 Å². The Morgan fingerprint density at radius 3 is 2.75 bits per heavy atom. The summed E-state index contributed by atoms with van der Waals surface area (Å²) in [5, 5.41) is 10.4. The number of hydrogen-bond acceptors (Lipinski definition) is 3. The molecule has 0 fully saturated rings. The summed E-state index contributed by atoms with van der Waals surface area (Å²) in [6, 6.07) is 4.44. The van der Waals surface area contributed by atoms with Crippen LogP contribution in [-0.4, -0.2) is 4.92 Å². The first kappa shape index (κ1) is 8.62. The summed E-state index contributed by atoms with van der Waals surface area (Å²) in [4.78, 5) is 10.2. The SMILES string of the molecule is C#Cc1ccc(S)c([N+](=O)[O-])c1. The van der Waals surface area contributed by atoms with Gasteiger partial charge in [0.2, 0.25) is 0 Å². The van der Waals surface area contributed by atoms with E-state index < -0.39 is 4.92 Å². The normalized spacial score (nSPS) is 9.00. The Kier molecular flexibility index (Phi) is 2.36. The fourth-order valence-electron chi connectivity index (χ4n) is 0.759. The lowest BCUT2D eigenvalue weighted by Gasteiger charge is -1.95. The zero-order valence-corrected chi connectivity index (χ0v) is 6.91. The zero-order valence-electron chi connectivity index (χ0n) is 6.02. The van der Waals surface area contributed by atoms with Gasteiger partial charge in [-0.1, -0.05) is 5.92 Å². The number of thiol groups is 1. The molecule has 3 nitrogen and oxygen atoms in total. The molecule has 60 valence electrons. The largest absolute Gasteiger partial charge is 0.283 e. The number of rotatable bonds is 1. The lowest BCUT2D eigenvalue weighted by molar-refractivity contribution is -0.387. The van der Waals surface area contributed by atoms with Crippen molar-refractivity contribution >= 4 is 18.3 Å². The van der Waals surface area contributed by atoms with Crippen LogP contribution in [0.5, 0.6) is 0 Å². The Labute approximate surface area is 75.0 Å². The summed E-state index contributed by atoms with van der Waals surface area (Å²) in [6.07, 6.45) is 5.07. The fourth-order valence-corrected chi connectivity index (χ4v) is 0.980. The molecular weight excluding hydrogens is 174 g/mol. The van der Waals surface area contributed by atoms with Gasteiger partial charge in [-0.25, -0.2) is 0 Å². The highest BCUT2D eigenvalue weighted by Gasteiger charge is 2.10. The van der Waals surface area contributed by atoms with Crippen molar-refractivity contribution < 1.29 is 4.92 Å². The maximum absolute atomic E-state index is 10.4. The first-order valence-electron chi connectivity index (χ1n) is 3.09. The predicted molar refractivity (Wildman–Crippen MR) is 48.3 cm³/mol. The maximum atomic E-state index is 10.4. The highest BCUT2D eigenvalue weighted by atomic mass is 32.1. The van der Waals surface area contributed by atoms with E-state index in [1.54, 1.807) is 6.07 Å². The van der Waals surface area contributed by atoms with E-state index in [-0.39, 0.29) is 5.69 Å². The minimum absolute atomic E-state index is 0.0613. The van der Waals surface area contributed by atoms with E-state index in [4.69, 9.17) is 6.42 Å². The number of nitrogens with zero attached hydrogens (tertiary/aromatic N) is 1. The van der Waals surface area contributed by atoms with E-state index in [2.05, 4.69) is 18.5 Å². The van der Waals surface area contributed by atoms with Crippen LogP contribution in [0.25, 0.3) is 0 Å². The third-order valence-electron chi connectivity index (χ3n) is 1.34. The average molecular weight is 179 g/mol. The maximum Gasteiger partial charge on any atom is 0.283 e. The van der Waals surface area contributed by atoms with Crippen molar-refractivity contribution in [2.45, 2.75) is 4.90 Å². The Balaban J connectivity index is 3.28. The van der Waals surface area contributed by atoms with Crippen LogP contribution in [0.3, 0.4) is 0 Å². The molecule has 0 aliphatic rings. The number of benzene rings is 1. The van der Waals surface area contributed by atoms with Gasteiger partial charge in [-0.3, -0.25) is 10.1 Å². The molecule has 1 rings (SSSR count). The van der Waals surface area contributed by atoms with E-state index in [1.807, 2.05) is 0 Å². The summed E-state index contributed by atoms with van der Waals surface area (Å²) in [7, 11) is 0. The lowest BCUT2D eigenvalue weighted by atomic mass is 10.2. The molecule has 1 aromatic carbocycles. The number of nitro groups is 1. The van der Waals surface area contributed by atoms with E-state index >= 15 is 0 Å². The van der Waals surface area contributed by atoms with Crippen LogP contribution >= 0.6 is 12.6 Å². The van der Waals surface area contributed by atoms with E-state index in [0.29, 0.717) is 10.5 Å². The van der Waals surface area contributed by atoms with Gasteiger partial charge in [0, 0.05) is 11.6 Å². The van der Waals surface area contributed by atoms with Gasteiger partial charge in [-0.2, -0.15) is 0 Å². The molecule has 0 aliphatic carbocycles. The molecule has 12 heavy (non-hydrogen) atoms. The molecule has 0 spiro atoms. The Hall–Kier alpha value is -1.47. The molecule has 1 aromatic rings. The first-order valence-corrected chi connectivity index (χ1v) is 3.54. The molecule has 0 saturated carbocycles. The van der Waals surface area contributed by atoms with Gasteiger partial charge in [0.1, 0.15) is 0 Å². The third kappa shape index (κ3) is 1.57. The topological polar surface area (TPSA) is 43.1 Å². The Bertz CT molecular complexity index is 368. The molecule has 0 saturated heterocycles. The number of nitro benzene ring substituents is 1. The summed E-state index contributed by atoms with van der Waals surface area (Å²) in [6.45, 7) is 0. The second-order valence-corrected chi connectivity index (χ2v) is 2.59. The average Bonchev–Trinajstić information content (AvgIpc) is 2.05. The first-order chi connectivity index (χ1) is 5.65. The van der Waals surface area contributed by atoms with Gasteiger partial charge in [0.25, 0.3) is 5.69 Å². The molecule has 0 amide bonds. The molecule has 0 atom stereocenters. The molecule has 0 aromatic heterocycles. The van der Waals surface area contributed by atoms with Crippen molar-refractivity contribution in [1.82, 2.24) is 0 Å². The predicted octanol–water partition coefficient (Wildman–Crippen LogP) is 1.86. The van der Waals surface area contributed by atoms with Gasteiger partial charge >= 0.3 is 0 Å². The molecule has 0 N–H and O–H groups in total. The van der Waals surface area contributed by atoms with Crippen molar-refractivity contribution in [1.29, 1.82) is 0 Å². The minimum Gasteiger partial charge on any atom is -0.258 e. The van der Waals surface area contributed by atoms with Gasteiger partial charge in [-0.15, -0.1) is 19.1 Å². The van der Waals surface area contributed by atoms with E-state index in [9.17, 15) is 10.1 Å². The van der Waals surface area contributed by atoms with Crippen LogP contribution in [0.2, 0.25) is 0 Å². The van der Waals surface area contributed by atoms with Crippen molar-refractivity contribution in [3.8, 4) is 12.3 Å². The standard InChI is InChI=1S/C8H5NO2S/c1-2-6-3-4-8(12)7(5-6)9(10)11/h1,3-5,12H. The van der Waals surface area contributed by atoms with Crippen molar-refractivity contribution in [3.05, 3.63) is 33.9 Å². The summed E-state index contributed by atoms with van der Waals surface area (Å²) in [5.41, 5.74) is 0.424. The van der Waals surface area contributed by atoms with Gasteiger partial charge in [0.15, 0.2) is 0 Å². The van der Waals surface area contributed by atoms with Gasteiger partial charge in [0.05, 0.1) is 9.82 Å². The molecule has 0 aliphatic heterocycles. The molecule has 0 bridgehead atoms. The van der Waals surface area contributed by atoms with Crippen LogP contribution < -0.4 is 0 Å². The molecule has 4 heteroatoms. The minimum atomic E-state index is -0.511. The van der Waals surface area contributed by atoms with E-state index in [1.165, 1.54) is 12.1 Å². The van der Waals surface area contributed by atoms with Crippen LogP contribution in [0.1, 0.15) is 5.56 Å². The van der Waals surface area contributed by atoms with Crippen LogP contribution in [0.15, 0.2) is 23.1 Å². The highest BCUT2D eigenvalue weighted by molar-refractivity contribution is 7.80. The third-order valence-corrected chi connectivity index (χ3v) is 1.72. The molecule has 0 heterocycles. The number of hydrogen-bond donors (Lipinski definition) is 1. The van der Waals surface area contributed by atoms with Crippen molar-refractivity contribution in [3.63, 3.8) is 0 Å².